The molecule has 3 rings (SSSR count). The molecule has 0 spiro atoms. The number of aliphatic imine (C=N–C) groups is 1. The lowest BCUT2D eigenvalue weighted by Crippen LogP contribution is -2.52. The average molecular weight is 538 g/mol. The van der Waals surface area contributed by atoms with Crippen LogP contribution >= 0.6 is 35.3 Å². The maximum atomic E-state index is 12.7. The fourth-order valence-electron chi connectivity index (χ4n) is 3.11. The Kier molecular flexibility index (Phi) is 9.21. The first-order valence-electron chi connectivity index (χ1n) is 8.96. The van der Waals surface area contributed by atoms with Gasteiger partial charge in [0.2, 0.25) is 0 Å². The van der Waals surface area contributed by atoms with E-state index in [9.17, 15) is 8.78 Å². The fourth-order valence-corrected chi connectivity index (χ4v) is 3.89. The topological polar surface area (TPSA) is 49.3 Å². The number of methoxy groups -OCH3 is 1. The second kappa shape index (κ2) is 11.4. The predicted molar refractivity (Wildman–Crippen MR) is 123 cm³/mol. The van der Waals surface area contributed by atoms with E-state index in [-0.39, 0.29) is 29.7 Å². The molecule has 6 nitrogen and oxygen atoms in total. The summed E-state index contributed by atoms with van der Waals surface area (Å²) in [5, 5.41) is 6.60. The van der Waals surface area contributed by atoms with Gasteiger partial charge in [0.25, 0.3) is 0 Å². The lowest BCUT2D eigenvalue weighted by Gasteiger charge is -2.37. The summed E-state index contributed by atoms with van der Waals surface area (Å²) in [4.78, 5) is 8.86. The van der Waals surface area contributed by atoms with E-state index in [0.29, 0.717) is 17.9 Å². The first-order chi connectivity index (χ1) is 13.6. The predicted octanol–water partition coefficient (Wildman–Crippen LogP) is 3.87. The molecule has 0 saturated carbocycles. The van der Waals surface area contributed by atoms with Gasteiger partial charge in [-0.15, -0.1) is 35.3 Å². The number of piperazine rings is 1. The number of nitrogens with zero attached hydrogens (tertiary/aromatic N) is 3. The summed E-state index contributed by atoms with van der Waals surface area (Å²) in [5.41, 5.74) is 0.611. The molecule has 29 heavy (non-hydrogen) atoms. The number of guanidine groups is 1. The lowest BCUT2D eigenvalue weighted by atomic mass is 10.2. The molecule has 160 valence electrons. The summed E-state index contributed by atoms with van der Waals surface area (Å²) < 4.78 is 35.2. The zero-order valence-electron chi connectivity index (χ0n) is 16.3. The van der Waals surface area contributed by atoms with Crippen molar-refractivity contribution in [1.82, 2.24) is 10.2 Å². The van der Waals surface area contributed by atoms with Crippen molar-refractivity contribution in [2.45, 2.75) is 13.2 Å². The van der Waals surface area contributed by atoms with Gasteiger partial charge < -0.3 is 24.6 Å². The molecular formula is C19H25F2IN4O2S. The molecule has 1 aliphatic rings. The smallest absolute Gasteiger partial charge is 0.387 e. The lowest BCUT2D eigenvalue weighted by molar-refractivity contribution is -0.0505. The molecule has 1 fully saturated rings. The number of nitrogens with one attached hydrogen (secondary N) is 1. The number of ether oxygens (including phenoxy) is 2. The molecule has 2 aromatic rings. The van der Waals surface area contributed by atoms with Crippen LogP contribution in [0.3, 0.4) is 0 Å². The van der Waals surface area contributed by atoms with Crippen LogP contribution in [-0.2, 0) is 6.54 Å². The number of alkyl halides is 2. The van der Waals surface area contributed by atoms with E-state index in [1.54, 1.807) is 30.5 Å². The number of hydrogen-bond acceptors (Lipinski definition) is 5. The molecule has 0 atom stereocenters. The van der Waals surface area contributed by atoms with E-state index in [4.69, 9.17) is 4.74 Å². The highest BCUT2D eigenvalue weighted by atomic mass is 127. The third kappa shape index (κ3) is 6.33. The van der Waals surface area contributed by atoms with Gasteiger partial charge in [0.05, 0.1) is 12.1 Å². The van der Waals surface area contributed by atoms with Crippen LogP contribution in [0.25, 0.3) is 0 Å². The van der Waals surface area contributed by atoms with E-state index in [1.165, 1.54) is 18.2 Å². The Balaban J connectivity index is 0.00000300. The van der Waals surface area contributed by atoms with Crippen LogP contribution in [0.1, 0.15) is 5.56 Å². The zero-order valence-corrected chi connectivity index (χ0v) is 19.5. The quantitative estimate of drug-likeness (QED) is 0.344. The van der Waals surface area contributed by atoms with Crippen LogP contribution in [0.4, 0.5) is 13.8 Å². The van der Waals surface area contributed by atoms with Gasteiger partial charge in [-0.2, -0.15) is 8.78 Å². The minimum atomic E-state index is -2.89. The summed E-state index contributed by atoms with van der Waals surface area (Å²) in [6.45, 7) is 0.911. The van der Waals surface area contributed by atoms with Crippen LogP contribution in [0, 0.1) is 0 Å². The number of thiophene rings is 1. The Bertz CT molecular complexity index is 785. The van der Waals surface area contributed by atoms with Gasteiger partial charge in [-0.1, -0.05) is 0 Å². The third-order valence-corrected chi connectivity index (χ3v) is 5.47. The maximum absolute atomic E-state index is 12.7. The maximum Gasteiger partial charge on any atom is 0.387 e. The van der Waals surface area contributed by atoms with Crippen molar-refractivity contribution in [3.05, 3.63) is 41.3 Å². The fraction of sp³-hybridized carbons (Fsp3) is 0.421. The van der Waals surface area contributed by atoms with E-state index >= 15 is 0 Å². The summed E-state index contributed by atoms with van der Waals surface area (Å²) in [6, 6.07) is 9.08. The van der Waals surface area contributed by atoms with Crippen molar-refractivity contribution in [2.24, 2.45) is 4.99 Å². The van der Waals surface area contributed by atoms with Gasteiger partial charge in [-0.05, 0) is 29.6 Å². The van der Waals surface area contributed by atoms with Crippen molar-refractivity contribution in [1.29, 1.82) is 0 Å². The van der Waals surface area contributed by atoms with E-state index in [2.05, 4.69) is 42.4 Å². The minimum absolute atomic E-state index is 0. The third-order valence-electron chi connectivity index (χ3n) is 4.54. The molecule has 0 amide bonds. The Hall–Kier alpha value is -1.82. The number of anilines is 1. The zero-order chi connectivity index (χ0) is 19.9. The molecule has 1 aromatic carbocycles. The standard InChI is InChI=1S/C19H24F2N4O2S.HI/c1-22-19(25-9-7-24(8-10-25)17-4-3-11-28-17)23-13-14-5-6-15(26-2)12-16(14)27-18(20)21;/h3-6,11-12,18H,7-10,13H2,1-2H3,(H,22,23);1H. The molecule has 10 heteroatoms. The Morgan fingerprint density at radius 3 is 2.59 bits per heavy atom. The number of halogens is 3. The second-order valence-electron chi connectivity index (χ2n) is 6.18. The van der Waals surface area contributed by atoms with Gasteiger partial charge >= 0.3 is 6.61 Å². The summed E-state index contributed by atoms with van der Waals surface area (Å²) >= 11 is 1.74. The van der Waals surface area contributed by atoms with Gasteiger partial charge in [0.15, 0.2) is 5.96 Å². The number of rotatable bonds is 6. The first kappa shape index (κ1) is 23.5. The first-order valence-corrected chi connectivity index (χ1v) is 9.84. The van der Waals surface area contributed by atoms with Gasteiger partial charge in [-0.25, -0.2) is 0 Å². The normalized spacial score (nSPS) is 14.6. The van der Waals surface area contributed by atoms with Gasteiger partial charge in [0.1, 0.15) is 11.5 Å². The SMILES string of the molecule is CN=C(NCc1ccc(OC)cc1OC(F)F)N1CCN(c2cccs2)CC1.I. The van der Waals surface area contributed by atoms with Crippen LogP contribution < -0.4 is 19.7 Å². The number of benzene rings is 1. The Morgan fingerprint density at radius 2 is 2.00 bits per heavy atom. The van der Waals surface area contributed by atoms with E-state index in [1.807, 2.05) is 0 Å². The van der Waals surface area contributed by atoms with Crippen molar-refractivity contribution >= 4 is 46.3 Å². The molecule has 2 heterocycles. The highest BCUT2D eigenvalue weighted by Crippen LogP contribution is 2.26. The molecule has 0 aliphatic carbocycles. The van der Waals surface area contributed by atoms with Crippen LogP contribution in [0.15, 0.2) is 40.7 Å². The molecule has 1 N–H and O–H groups in total. The summed E-state index contributed by atoms with van der Waals surface area (Å²) in [7, 11) is 3.20. The van der Waals surface area contributed by atoms with Crippen LogP contribution in [-0.4, -0.2) is 57.8 Å². The van der Waals surface area contributed by atoms with Crippen molar-refractivity contribution in [3.63, 3.8) is 0 Å². The average Bonchev–Trinajstić information content (AvgIpc) is 3.24. The van der Waals surface area contributed by atoms with Crippen LogP contribution in [0.5, 0.6) is 11.5 Å². The van der Waals surface area contributed by atoms with E-state index < -0.39 is 6.61 Å². The van der Waals surface area contributed by atoms with E-state index in [0.717, 1.165) is 32.1 Å². The van der Waals surface area contributed by atoms with Crippen molar-refractivity contribution in [3.8, 4) is 11.5 Å². The summed E-state index contributed by atoms with van der Waals surface area (Å²) in [6.07, 6.45) is 0. The molecular weight excluding hydrogens is 513 g/mol. The van der Waals surface area contributed by atoms with Gasteiger partial charge in [0, 0.05) is 51.4 Å². The van der Waals surface area contributed by atoms with Crippen molar-refractivity contribution in [2.75, 3.05) is 45.2 Å². The Labute approximate surface area is 190 Å². The highest BCUT2D eigenvalue weighted by Gasteiger charge is 2.20. The largest absolute Gasteiger partial charge is 0.497 e. The Morgan fingerprint density at radius 1 is 1.24 bits per heavy atom. The minimum Gasteiger partial charge on any atom is -0.497 e. The van der Waals surface area contributed by atoms with Crippen LogP contribution in [0.2, 0.25) is 0 Å². The van der Waals surface area contributed by atoms with Gasteiger partial charge in [-0.3, -0.25) is 4.99 Å². The second-order valence-corrected chi connectivity index (χ2v) is 7.10. The molecule has 0 unspecified atom stereocenters. The molecule has 1 aromatic heterocycles. The highest BCUT2D eigenvalue weighted by molar-refractivity contribution is 14.0. The molecule has 1 saturated heterocycles. The molecule has 1 aliphatic heterocycles. The molecule has 0 radical (unpaired) electrons. The monoisotopic (exact) mass is 538 g/mol. The summed E-state index contributed by atoms with van der Waals surface area (Å²) in [5.74, 6) is 1.30. The number of hydrogen-bond donors (Lipinski definition) is 1. The van der Waals surface area contributed by atoms with Crippen molar-refractivity contribution < 1.29 is 18.3 Å². The molecule has 0 bridgehead atoms.